The number of rotatable bonds is 1. The summed E-state index contributed by atoms with van der Waals surface area (Å²) in [7, 11) is 0. The summed E-state index contributed by atoms with van der Waals surface area (Å²) in [5.74, 6) is 0. The molecule has 10 heavy (non-hydrogen) atoms. The number of nitrogens with two attached hydrogens (primary N) is 1. The number of halogens is 1. The van der Waals surface area contributed by atoms with Crippen molar-refractivity contribution in [1.29, 1.82) is 0 Å². The summed E-state index contributed by atoms with van der Waals surface area (Å²) in [6.45, 7) is 2.49. The number of pyridine rings is 1. The summed E-state index contributed by atoms with van der Waals surface area (Å²) in [6.07, 6.45) is 1.81. The lowest BCUT2D eigenvalue weighted by Gasteiger charge is -1.99. The van der Waals surface area contributed by atoms with Gasteiger partial charge in [-0.05, 0) is 34.5 Å². The van der Waals surface area contributed by atoms with Crippen LogP contribution in [0.2, 0.25) is 0 Å². The van der Waals surface area contributed by atoms with Crippen molar-refractivity contribution in [1.82, 2.24) is 4.98 Å². The minimum atomic E-state index is 0.487. The second-order valence-corrected chi connectivity index (χ2v) is 3.00. The van der Waals surface area contributed by atoms with Crippen molar-refractivity contribution in [3.8, 4) is 0 Å². The first-order valence-electron chi connectivity index (χ1n) is 3.05. The van der Waals surface area contributed by atoms with E-state index < -0.39 is 0 Å². The van der Waals surface area contributed by atoms with E-state index in [1.165, 1.54) is 0 Å². The summed E-state index contributed by atoms with van der Waals surface area (Å²) in [5, 5.41) is 0. The molecule has 0 bridgehead atoms. The van der Waals surface area contributed by atoms with Gasteiger partial charge in [0.2, 0.25) is 0 Å². The highest BCUT2D eigenvalue weighted by Crippen LogP contribution is 2.14. The van der Waals surface area contributed by atoms with Crippen LogP contribution in [-0.2, 0) is 6.54 Å². The number of nitrogens with zero attached hydrogens (tertiary/aromatic N) is 1. The molecule has 54 valence electrons. The molecule has 2 nitrogen and oxygen atoms in total. The van der Waals surface area contributed by atoms with Crippen LogP contribution in [0.4, 0.5) is 0 Å². The Hall–Kier alpha value is -0.410. The van der Waals surface area contributed by atoms with E-state index in [4.69, 9.17) is 5.73 Å². The Balaban J connectivity index is 3.07. The molecule has 1 aromatic rings. The number of aromatic nitrogens is 1. The Morgan fingerprint density at radius 3 is 2.90 bits per heavy atom. The summed E-state index contributed by atoms with van der Waals surface area (Å²) in [4.78, 5) is 4.12. The SMILES string of the molecule is Cc1cnc(CN)c(Br)c1. The van der Waals surface area contributed by atoms with Crippen molar-refractivity contribution in [2.75, 3.05) is 0 Å². The zero-order valence-electron chi connectivity index (χ0n) is 5.76. The van der Waals surface area contributed by atoms with E-state index in [9.17, 15) is 0 Å². The van der Waals surface area contributed by atoms with E-state index in [0.29, 0.717) is 6.54 Å². The molecule has 1 heterocycles. The molecular weight excluding hydrogens is 192 g/mol. The topological polar surface area (TPSA) is 38.9 Å². The van der Waals surface area contributed by atoms with Crippen LogP contribution in [0.3, 0.4) is 0 Å². The van der Waals surface area contributed by atoms with Crippen LogP contribution in [0.15, 0.2) is 16.7 Å². The molecule has 0 saturated carbocycles. The van der Waals surface area contributed by atoms with Gasteiger partial charge in [-0.1, -0.05) is 0 Å². The average Bonchev–Trinajstić information content (AvgIpc) is 1.88. The third-order valence-corrected chi connectivity index (χ3v) is 1.93. The smallest absolute Gasteiger partial charge is 0.0681 e. The molecule has 0 aromatic carbocycles. The van der Waals surface area contributed by atoms with Gasteiger partial charge in [0.25, 0.3) is 0 Å². The Labute approximate surface area is 68.6 Å². The van der Waals surface area contributed by atoms with Gasteiger partial charge in [-0.15, -0.1) is 0 Å². The van der Waals surface area contributed by atoms with E-state index in [0.717, 1.165) is 15.7 Å². The highest BCUT2D eigenvalue weighted by atomic mass is 79.9. The Morgan fingerprint density at radius 2 is 2.40 bits per heavy atom. The lowest BCUT2D eigenvalue weighted by molar-refractivity contribution is 0.973. The van der Waals surface area contributed by atoms with Crippen molar-refractivity contribution in [3.63, 3.8) is 0 Å². The molecule has 0 aliphatic carbocycles. The van der Waals surface area contributed by atoms with Gasteiger partial charge in [0.15, 0.2) is 0 Å². The Bertz CT molecular complexity index is 235. The van der Waals surface area contributed by atoms with E-state index in [1.54, 1.807) is 0 Å². The first kappa shape index (κ1) is 7.69. The van der Waals surface area contributed by atoms with Crippen LogP contribution in [0.5, 0.6) is 0 Å². The quantitative estimate of drug-likeness (QED) is 0.749. The molecule has 0 atom stereocenters. The highest BCUT2D eigenvalue weighted by molar-refractivity contribution is 9.10. The molecule has 0 fully saturated rings. The molecule has 1 rings (SSSR count). The molecule has 0 aliphatic heterocycles. The second kappa shape index (κ2) is 3.12. The molecule has 2 N–H and O–H groups in total. The monoisotopic (exact) mass is 200 g/mol. The summed E-state index contributed by atoms with van der Waals surface area (Å²) in [5.41, 5.74) is 7.46. The molecule has 0 unspecified atom stereocenters. The van der Waals surface area contributed by atoms with Crippen molar-refractivity contribution < 1.29 is 0 Å². The third kappa shape index (κ3) is 1.55. The lowest BCUT2D eigenvalue weighted by atomic mass is 10.3. The molecule has 0 amide bonds. The first-order chi connectivity index (χ1) is 4.74. The van der Waals surface area contributed by atoms with Gasteiger partial charge in [0.05, 0.1) is 5.69 Å². The molecular formula is C7H9BrN2. The maximum Gasteiger partial charge on any atom is 0.0681 e. The first-order valence-corrected chi connectivity index (χ1v) is 3.84. The molecule has 1 aromatic heterocycles. The van der Waals surface area contributed by atoms with E-state index in [1.807, 2.05) is 19.2 Å². The minimum absolute atomic E-state index is 0.487. The summed E-state index contributed by atoms with van der Waals surface area (Å²) in [6, 6.07) is 2.01. The number of hydrogen-bond donors (Lipinski definition) is 1. The Kier molecular flexibility index (Phi) is 2.40. The number of aryl methyl sites for hydroxylation is 1. The van der Waals surface area contributed by atoms with Gasteiger partial charge >= 0.3 is 0 Å². The molecule has 0 radical (unpaired) electrons. The average molecular weight is 201 g/mol. The standard InChI is InChI=1S/C7H9BrN2/c1-5-2-6(8)7(3-9)10-4-5/h2,4H,3,9H2,1H3. The van der Waals surface area contributed by atoms with Crippen molar-refractivity contribution >= 4 is 15.9 Å². The predicted molar refractivity (Wildman–Crippen MR) is 44.6 cm³/mol. The van der Waals surface area contributed by atoms with Gasteiger partial charge < -0.3 is 5.73 Å². The van der Waals surface area contributed by atoms with E-state index in [-0.39, 0.29) is 0 Å². The van der Waals surface area contributed by atoms with Gasteiger partial charge in [-0.25, -0.2) is 0 Å². The molecule has 0 saturated heterocycles. The summed E-state index contributed by atoms with van der Waals surface area (Å²) >= 11 is 3.36. The van der Waals surface area contributed by atoms with Gasteiger partial charge in [0, 0.05) is 17.2 Å². The van der Waals surface area contributed by atoms with Crippen LogP contribution in [0.1, 0.15) is 11.3 Å². The van der Waals surface area contributed by atoms with E-state index >= 15 is 0 Å². The zero-order valence-corrected chi connectivity index (χ0v) is 7.35. The Morgan fingerprint density at radius 1 is 1.70 bits per heavy atom. The second-order valence-electron chi connectivity index (χ2n) is 2.15. The fraction of sp³-hybridized carbons (Fsp3) is 0.286. The van der Waals surface area contributed by atoms with Crippen molar-refractivity contribution in [3.05, 3.63) is 28.0 Å². The number of hydrogen-bond acceptors (Lipinski definition) is 2. The van der Waals surface area contributed by atoms with Crippen molar-refractivity contribution in [2.45, 2.75) is 13.5 Å². The van der Waals surface area contributed by atoms with E-state index in [2.05, 4.69) is 20.9 Å². The maximum absolute atomic E-state index is 5.41. The third-order valence-electron chi connectivity index (χ3n) is 1.25. The minimum Gasteiger partial charge on any atom is -0.325 e. The van der Waals surface area contributed by atoms with Crippen LogP contribution in [-0.4, -0.2) is 4.98 Å². The highest BCUT2D eigenvalue weighted by Gasteiger charge is 1.96. The molecule has 0 aliphatic rings. The fourth-order valence-corrected chi connectivity index (χ4v) is 1.34. The van der Waals surface area contributed by atoms with Crippen LogP contribution < -0.4 is 5.73 Å². The lowest BCUT2D eigenvalue weighted by Crippen LogP contribution is -2.00. The van der Waals surface area contributed by atoms with Gasteiger partial charge in [-0.2, -0.15) is 0 Å². The van der Waals surface area contributed by atoms with Gasteiger partial charge in [0.1, 0.15) is 0 Å². The maximum atomic E-state index is 5.41. The summed E-state index contributed by atoms with van der Waals surface area (Å²) < 4.78 is 0.995. The normalized spacial score (nSPS) is 9.90. The molecule has 0 spiro atoms. The molecule has 3 heteroatoms. The van der Waals surface area contributed by atoms with Crippen LogP contribution in [0.25, 0.3) is 0 Å². The largest absolute Gasteiger partial charge is 0.325 e. The van der Waals surface area contributed by atoms with Crippen LogP contribution in [0, 0.1) is 6.92 Å². The van der Waals surface area contributed by atoms with Crippen molar-refractivity contribution in [2.24, 2.45) is 5.73 Å². The predicted octanol–water partition coefficient (Wildman–Crippen LogP) is 1.61. The fourth-order valence-electron chi connectivity index (χ4n) is 0.712. The van der Waals surface area contributed by atoms with Gasteiger partial charge in [-0.3, -0.25) is 4.98 Å². The zero-order chi connectivity index (χ0) is 7.56. The van der Waals surface area contributed by atoms with Crippen LogP contribution >= 0.6 is 15.9 Å².